The Morgan fingerprint density at radius 2 is 2.22 bits per heavy atom. The van der Waals surface area contributed by atoms with Gasteiger partial charge in [0.15, 0.2) is 0 Å². The molecule has 5 nitrogen and oxygen atoms in total. The zero-order valence-corrected chi connectivity index (χ0v) is 11.3. The summed E-state index contributed by atoms with van der Waals surface area (Å²) >= 11 is 4.97. The van der Waals surface area contributed by atoms with Crippen molar-refractivity contribution in [2.24, 2.45) is 5.73 Å². The molecule has 1 rings (SSSR count). The summed E-state index contributed by atoms with van der Waals surface area (Å²) in [5.74, 6) is 0.680. The van der Waals surface area contributed by atoms with E-state index in [0.29, 0.717) is 23.7 Å². The van der Waals surface area contributed by atoms with Crippen LogP contribution in [-0.4, -0.2) is 31.6 Å². The molecule has 0 bridgehead atoms. The zero-order chi connectivity index (χ0) is 13.5. The Morgan fingerprint density at radius 3 is 2.78 bits per heavy atom. The topological polar surface area (TPSA) is 76.4 Å². The Balaban J connectivity index is 2.78. The van der Waals surface area contributed by atoms with Crippen LogP contribution in [0.15, 0.2) is 18.2 Å². The molecule has 0 spiro atoms. The lowest BCUT2D eigenvalue weighted by atomic mass is 10.1. The number of nitrogens with one attached hydrogen (secondary N) is 2. The van der Waals surface area contributed by atoms with E-state index in [0.717, 1.165) is 11.3 Å². The first-order valence-corrected chi connectivity index (χ1v) is 5.91. The molecule has 0 saturated carbocycles. The summed E-state index contributed by atoms with van der Waals surface area (Å²) in [5.41, 5.74) is 7.14. The Morgan fingerprint density at radius 1 is 1.50 bits per heavy atom. The van der Waals surface area contributed by atoms with Gasteiger partial charge in [0.2, 0.25) is 5.91 Å². The molecular formula is C12H17N3O2S. The molecule has 18 heavy (non-hydrogen) atoms. The van der Waals surface area contributed by atoms with Crippen LogP contribution in [0.1, 0.15) is 12.0 Å². The van der Waals surface area contributed by atoms with Gasteiger partial charge >= 0.3 is 0 Å². The molecule has 1 aromatic carbocycles. The predicted octanol–water partition coefficient (Wildman–Crippen LogP) is 0.877. The van der Waals surface area contributed by atoms with Gasteiger partial charge in [0.25, 0.3) is 0 Å². The minimum atomic E-state index is -0.0257. The quantitative estimate of drug-likeness (QED) is 0.667. The van der Waals surface area contributed by atoms with Crippen LogP contribution < -0.4 is 21.1 Å². The van der Waals surface area contributed by atoms with E-state index in [1.165, 1.54) is 0 Å². The highest BCUT2D eigenvalue weighted by Crippen LogP contribution is 2.22. The molecule has 0 fully saturated rings. The van der Waals surface area contributed by atoms with Crippen LogP contribution in [-0.2, 0) is 4.79 Å². The number of benzene rings is 1. The van der Waals surface area contributed by atoms with Crippen LogP contribution >= 0.6 is 12.2 Å². The lowest BCUT2D eigenvalue weighted by Gasteiger charge is -2.12. The highest BCUT2D eigenvalue weighted by atomic mass is 32.1. The maximum atomic E-state index is 11.1. The monoisotopic (exact) mass is 267 g/mol. The smallest absolute Gasteiger partial charge is 0.221 e. The van der Waals surface area contributed by atoms with Gasteiger partial charge in [0.05, 0.1) is 7.11 Å². The zero-order valence-electron chi connectivity index (χ0n) is 10.4. The molecule has 0 radical (unpaired) electrons. The molecular weight excluding hydrogens is 250 g/mol. The van der Waals surface area contributed by atoms with Gasteiger partial charge < -0.3 is 21.1 Å². The minimum Gasteiger partial charge on any atom is -0.497 e. The van der Waals surface area contributed by atoms with E-state index in [1.54, 1.807) is 32.4 Å². The largest absolute Gasteiger partial charge is 0.497 e. The molecule has 0 saturated heterocycles. The average molecular weight is 267 g/mol. The Hall–Kier alpha value is -1.82. The van der Waals surface area contributed by atoms with Crippen molar-refractivity contribution < 1.29 is 9.53 Å². The lowest BCUT2D eigenvalue weighted by molar-refractivity contribution is -0.120. The van der Waals surface area contributed by atoms with E-state index in [-0.39, 0.29) is 5.91 Å². The molecule has 1 aromatic rings. The summed E-state index contributed by atoms with van der Waals surface area (Å²) in [5, 5.41) is 5.68. The van der Waals surface area contributed by atoms with Crippen molar-refractivity contribution in [3.8, 4) is 5.75 Å². The first-order valence-electron chi connectivity index (χ1n) is 5.50. The number of nitrogens with two attached hydrogens (primary N) is 1. The average Bonchev–Trinajstić information content (AvgIpc) is 2.37. The van der Waals surface area contributed by atoms with E-state index in [4.69, 9.17) is 22.7 Å². The van der Waals surface area contributed by atoms with Gasteiger partial charge in [-0.15, -0.1) is 0 Å². The van der Waals surface area contributed by atoms with Crippen LogP contribution in [0.4, 0.5) is 5.69 Å². The summed E-state index contributed by atoms with van der Waals surface area (Å²) in [7, 11) is 3.19. The van der Waals surface area contributed by atoms with Gasteiger partial charge in [0.1, 0.15) is 10.7 Å². The second kappa shape index (κ2) is 6.80. The van der Waals surface area contributed by atoms with Gasteiger partial charge in [-0.05, 0) is 12.1 Å². The Bertz CT molecular complexity index is 449. The Labute approximate surface area is 112 Å². The van der Waals surface area contributed by atoms with E-state index in [2.05, 4.69) is 10.6 Å². The SMILES string of the molecule is CNC(=O)CCNc1cc(OC)ccc1C(N)=S. The van der Waals surface area contributed by atoms with Gasteiger partial charge in [-0.1, -0.05) is 12.2 Å². The maximum absolute atomic E-state index is 11.1. The summed E-state index contributed by atoms with van der Waals surface area (Å²) < 4.78 is 5.13. The van der Waals surface area contributed by atoms with Gasteiger partial charge in [-0.3, -0.25) is 4.79 Å². The second-order valence-electron chi connectivity index (χ2n) is 3.63. The summed E-state index contributed by atoms with van der Waals surface area (Å²) in [6.07, 6.45) is 0.379. The number of rotatable bonds is 6. The van der Waals surface area contributed by atoms with Gasteiger partial charge in [0, 0.05) is 37.3 Å². The van der Waals surface area contributed by atoms with Crippen LogP contribution in [0.2, 0.25) is 0 Å². The van der Waals surface area contributed by atoms with E-state index in [9.17, 15) is 4.79 Å². The van der Waals surface area contributed by atoms with Crippen molar-refractivity contribution >= 4 is 28.8 Å². The highest BCUT2D eigenvalue weighted by molar-refractivity contribution is 7.80. The lowest BCUT2D eigenvalue weighted by Crippen LogP contribution is -2.21. The first-order chi connectivity index (χ1) is 8.58. The molecule has 4 N–H and O–H groups in total. The number of carbonyl (C=O) groups is 1. The number of hydrogen-bond donors (Lipinski definition) is 3. The summed E-state index contributed by atoms with van der Waals surface area (Å²) in [6, 6.07) is 5.39. The van der Waals surface area contributed by atoms with E-state index in [1.807, 2.05) is 0 Å². The van der Waals surface area contributed by atoms with Crippen molar-refractivity contribution in [3.05, 3.63) is 23.8 Å². The standard InChI is InChI=1S/C12H17N3O2S/c1-14-11(16)5-6-15-10-7-8(17-2)3-4-9(10)12(13)18/h3-4,7,15H,5-6H2,1-2H3,(H2,13,18)(H,14,16). The van der Waals surface area contributed by atoms with E-state index < -0.39 is 0 Å². The van der Waals surface area contributed by atoms with Crippen LogP contribution in [0, 0.1) is 0 Å². The third kappa shape index (κ3) is 3.89. The number of methoxy groups -OCH3 is 1. The molecule has 0 aliphatic heterocycles. The van der Waals surface area contributed by atoms with Crippen molar-refractivity contribution in [1.29, 1.82) is 0 Å². The van der Waals surface area contributed by atoms with Gasteiger partial charge in [-0.2, -0.15) is 0 Å². The first kappa shape index (κ1) is 14.2. The fourth-order valence-corrected chi connectivity index (χ4v) is 1.63. The highest BCUT2D eigenvalue weighted by Gasteiger charge is 2.07. The number of thiocarbonyl (C=S) groups is 1. The fourth-order valence-electron chi connectivity index (χ4n) is 1.45. The van der Waals surface area contributed by atoms with Gasteiger partial charge in [-0.25, -0.2) is 0 Å². The third-order valence-electron chi connectivity index (χ3n) is 2.44. The number of carbonyl (C=O) groups excluding carboxylic acids is 1. The van der Waals surface area contributed by atoms with Crippen molar-refractivity contribution in [2.75, 3.05) is 26.0 Å². The maximum Gasteiger partial charge on any atom is 0.221 e. The molecule has 0 aromatic heterocycles. The van der Waals surface area contributed by atoms with Crippen LogP contribution in [0.25, 0.3) is 0 Å². The number of amides is 1. The summed E-state index contributed by atoms with van der Waals surface area (Å²) in [6.45, 7) is 0.502. The summed E-state index contributed by atoms with van der Waals surface area (Å²) in [4.78, 5) is 11.4. The molecule has 0 unspecified atom stereocenters. The minimum absolute atomic E-state index is 0.0257. The number of anilines is 1. The molecule has 0 aliphatic carbocycles. The molecule has 1 amide bonds. The fraction of sp³-hybridized carbons (Fsp3) is 0.333. The number of ether oxygens (including phenoxy) is 1. The van der Waals surface area contributed by atoms with Crippen molar-refractivity contribution in [1.82, 2.24) is 5.32 Å². The van der Waals surface area contributed by atoms with Crippen LogP contribution in [0.5, 0.6) is 5.75 Å². The Kier molecular flexibility index (Phi) is 5.38. The molecule has 0 heterocycles. The second-order valence-corrected chi connectivity index (χ2v) is 4.07. The third-order valence-corrected chi connectivity index (χ3v) is 2.66. The predicted molar refractivity (Wildman–Crippen MR) is 76.1 cm³/mol. The molecule has 0 atom stereocenters. The van der Waals surface area contributed by atoms with E-state index >= 15 is 0 Å². The normalized spacial score (nSPS) is 9.67. The molecule has 98 valence electrons. The molecule has 0 aliphatic rings. The van der Waals surface area contributed by atoms with Crippen molar-refractivity contribution in [2.45, 2.75) is 6.42 Å². The number of hydrogen-bond acceptors (Lipinski definition) is 4. The van der Waals surface area contributed by atoms with Crippen LogP contribution in [0.3, 0.4) is 0 Å². The molecule has 6 heteroatoms. The van der Waals surface area contributed by atoms with Crippen molar-refractivity contribution in [3.63, 3.8) is 0 Å².